The van der Waals surface area contributed by atoms with E-state index in [9.17, 15) is 9.59 Å². The molecule has 2 atom stereocenters. The summed E-state index contributed by atoms with van der Waals surface area (Å²) in [6.07, 6.45) is 0. The second-order valence-electron chi connectivity index (χ2n) is 8.28. The molecule has 164 valence electrons. The number of benzene rings is 3. The largest absolute Gasteiger partial charge is 0.383 e. The third-order valence-corrected chi connectivity index (χ3v) is 5.89. The van der Waals surface area contributed by atoms with E-state index in [0.717, 1.165) is 27.9 Å². The molecule has 0 aromatic heterocycles. The van der Waals surface area contributed by atoms with Crippen molar-refractivity contribution in [2.75, 3.05) is 25.6 Å². The van der Waals surface area contributed by atoms with Crippen LogP contribution in [0.5, 0.6) is 0 Å². The van der Waals surface area contributed by atoms with Gasteiger partial charge in [0.2, 0.25) is 5.91 Å². The Kier molecular flexibility index (Phi) is 6.37. The molecule has 5 heteroatoms. The van der Waals surface area contributed by atoms with Crippen LogP contribution in [0.3, 0.4) is 0 Å². The van der Waals surface area contributed by atoms with Crippen LogP contribution in [-0.2, 0) is 9.53 Å². The number of hydrogen-bond acceptors (Lipinski definition) is 3. The number of ether oxygens (including phenoxy) is 1. The summed E-state index contributed by atoms with van der Waals surface area (Å²) in [7, 11) is 1.62. The SMILES string of the molecule is COCCN1C(=O)c2ccccc2[C@@H](C(=O)Nc2cc(C)cc(C)c2)[C@H]1c1ccccc1. The summed E-state index contributed by atoms with van der Waals surface area (Å²) in [5, 5.41) is 3.12. The van der Waals surface area contributed by atoms with Crippen molar-refractivity contribution < 1.29 is 14.3 Å². The van der Waals surface area contributed by atoms with Crippen LogP contribution in [0.15, 0.2) is 72.8 Å². The van der Waals surface area contributed by atoms with Crippen LogP contribution in [-0.4, -0.2) is 37.0 Å². The molecule has 0 saturated heterocycles. The fraction of sp³-hybridized carbons (Fsp3) is 0.259. The molecule has 0 spiro atoms. The van der Waals surface area contributed by atoms with Crippen molar-refractivity contribution in [1.29, 1.82) is 0 Å². The van der Waals surface area contributed by atoms with Gasteiger partial charge >= 0.3 is 0 Å². The van der Waals surface area contributed by atoms with Crippen molar-refractivity contribution >= 4 is 17.5 Å². The molecule has 1 N–H and O–H groups in total. The molecule has 0 radical (unpaired) electrons. The molecular formula is C27H28N2O3. The molecule has 0 aliphatic carbocycles. The number of methoxy groups -OCH3 is 1. The molecule has 0 saturated carbocycles. The van der Waals surface area contributed by atoms with Crippen LogP contribution in [0.25, 0.3) is 0 Å². The van der Waals surface area contributed by atoms with Crippen molar-refractivity contribution in [2.24, 2.45) is 0 Å². The maximum atomic E-state index is 13.8. The lowest BCUT2D eigenvalue weighted by molar-refractivity contribution is -0.119. The summed E-state index contributed by atoms with van der Waals surface area (Å²) in [6, 6.07) is 22.7. The number of hydrogen-bond donors (Lipinski definition) is 1. The van der Waals surface area contributed by atoms with Crippen molar-refractivity contribution in [3.8, 4) is 0 Å². The Morgan fingerprint density at radius 3 is 2.31 bits per heavy atom. The highest BCUT2D eigenvalue weighted by molar-refractivity contribution is 6.04. The Balaban J connectivity index is 1.82. The molecule has 3 aromatic carbocycles. The maximum absolute atomic E-state index is 13.8. The lowest BCUT2D eigenvalue weighted by Gasteiger charge is -2.41. The Morgan fingerprint density at radius 1 is 0.969 bits per heavy atom. The Labute approximate surface area is 189 Å². The predicted molar refractivity (Wildman–Crippen MR) is 126 cm³/mol. The molecule has 1 heterocycles. The standard InChI is InChI=1S/C27H28N2O3/c1-18-15-19(2)17-21(16-18)28-26(30)24-22-11-7-8-12-23(22)27(31)29(13-14-32-3)25(24)20-9-5-4-6-10-20/h4-12,15-17,24-25H,13-14H2,1-3H3,(H,28,30)/t24-,25-/m1/s1. The number of nitrogens with zero attached hydrogens (tertiary/aromatic N) is 1. The van der Waals surface area contributed by atoms with Crippen molar-refractivity contribution in [3.05, 3.63) is 101 Å². The number of rotatable bonds is 6. The van der Waals surface area contributed by atoms with Crippen LogP contribution in [0, 0.1) is 13.8 Å². The van der Waals surface area contributed by atoms with E-state index in [2.05, 4.69) is 11.4 Å². The molecule has 3 aromatic rings. The highest BCUT2D eigenvalue weighted by Crippen LogP contribution is 2.43. The van der Waals surface area contributed by atoms with E-state index in [4.69, 9.17) is 4.74 Å². The summed E-state index contributed by atoms with van der Waals surface area (Å²) >= 11 is 0. The van der Waals surface area contributed by atoms with E-state index in [1.165, 1.54) is 0 Å². The van der Waals surface area contributed by atoms with Gasteiger partial charge in [-0.05, 0) is 54.3 Å². The minimum atomic E-state index is -0.552. The highest BCUT2D eigenvalue weighted by Gasteiger charge is 2.43. The van der Waals surface area contributed by atoms with Gasteiger partial charge in [0, 0.05) is 24.9 Å². The number of carbonyl (C=O) groups is 2. The second kappa shape index (κ2) is 9.37. The first kappa shape index (κ1) is 21.8. The zero-order chi connectivity index (χ0) is 22.7. The van der Waals surface area contributed by atoms with Gasteiger partial charge in [0.25, 0.3) is 5.91 Å². The van der Waals surface area contributed by atoms with Gasteiger partial charge in [0.1, 0.15) is 0 Å². The van der Waals surface area contributed by atoms with Gasteiger partial charge in [-0.1, -0.05) is 54.6 Å². The minimum Gasteiger partial charge on any atom is -0.383 e. The molecule has 0 unspecified atom stereocenters. The van der Waals surface area contributed by atoms with E-state index in [1.54, 1.807) is 18.1 Å². The van der Waals surface area contributed by atoms with E-state index < -0.39 is 12.0 Å². The fourth-order valence-corrected chi connectivity index (χ4v) is 4.60. The van der Waals surface area contributed by atoms with Gasteiger partial charge in [-0.25, -0.2) is 0 Å². The molecular weight excluding hydrogens is 400 g/mol. The van der Waals surface area contributed by atoms with Crippen LogP contribution in [0.2, 0.25) is 0 Å². The van der Waals surface area contributed by atoms with Crippen LogP contribution in [0.4, 0.5) is 5.69 Å². The Bertz CT molecular complexity index is 1110. The van der Waals surface area contributed by atoms with Gasteiger partial charge in [0.05, 0.1) is 18.6 Å². The quantitative estimate of drug-likeness (QED) is 0.609. The highest BCUT2D eigenvalue weighted by atomic mass is 16.5. The van der Waals surface area contributed by atoms with Gasteiger partial charge in [0.15, 0.2) is 0 Å². The minimum absolute atomic E-state index is 0.0815. The van der Waals surface area contributed by atoms with Crippen molar-refractivity contribution in [1.82, 2.24) is 4.90 Å². The topological polar surface area (TPSA) is 58.6 Å². The van der Waals surface area contributed by atoms with E-state index in [1.807, 2.05) is 74.5 Å². The van der Waals surface area contributed by atoms with Gasteiger partial charge in [-0.2, -0.15) is 0 Å². The molecule has 0 fully saturated rings. The predicted octanol–water partition coefficient (Wildman–Crippen LogP) is 4.87. The van der Waals surface area contributed by atoms with Crippen molar-refractivity contribution in [2.45, 2.75) is 25.8 Å². The molecule has 1 aliphatic heterocycles. The monoisotopic (exact) mass is 428 g/mol. The Morgan fingerprint density at radius 2 is 1.62 bits per heavy atom. The van der Waals surface area contributed by atoms with Crippen molar-refractivity contribution in [3.63, 3.8) is 0 Å². The average molecular weight is 429 g/mol. The molecule has 4 rings (SSSR count). The smallest absolute Gasteiger partial charge is 0.254 e. The Hall–Kier alpha value is -3.44. The average Bonchev–Trinajstić information content (AvgIpc) is 2.78. The number of amides is 2. The molecule has 1 aliphatic rings. The van der Waals surface area contributed by atoms with E-state index >= 15 is 0 Å². The third kappa shape index (κ3) is 4.30. The van der Waals surface area contributed by atoms with Crippen LogP contribution < -0.4 is 5.32 Å². The molecule has 2 amide bonds. The third-order valence-electron chi connectivity index (χ3n) is 5.89. The van der Waals surface area contributed by atoms with Crippen LogP contribution in [0.1, 0.15) is 44.6 Å². The van der Waals surface area contributed by atoms with E-state index in [0.29, 0.717) is 18.7 Å². The zero-order valence-electron chi connectivity index (χ0n) is 18.7. The summed E-state index contributed by atoms with van der Waals surface area (Å²) in [4.78, 5) is 29.0. The van der Waals surface area contributed by atoms with E-state index in [-0.39, 0.29) is 11.8 Å². The first-order valence-corrected chi connectivity index (χ1v) is 10.8. The molecule has 32 heavy (non-hydrogen) atoms. The maximum Gasteiger partial charge on any atom is 0.254 e. The number of anilines is 1. The fourth-order valence-electron chi connectivity index (χ4n) is 4.60. The second-order valence-corrected chi connectivity index (χ2v) is 8.28. The summed E-state index contributed by atoms with van der Waals surface area (Å²) < 4.78 is 5.29. The zero-order valence-corrected chi connectivity index (χ0v) is 18.7. The van der Waals surface area contributed by atoms with Gasteiger partial charge in [-0.15, -0.1) is 0 Å². The first-order chi connectivity index (χ1) is 15.5. The number of carbonyl (C=O) groups excluding carboxylic acids is 2. The lowest BCUT2D eigenvalue weighted by Crippen LogP contribution is -2.47. The number of aryl methyl sites for hydroxylation is 2. The first-order valence-electron chi connectivity index (χ1n) is 10.8. The number of fused-ring (bicyclic) bond motifs is 1. The van der Waals surface area contributed by atoms with Gasteiger partial charge in [-0.3, -0.25) is 9.59 Å². The molecule has 0 bridgehead atoms. The number of nitrogens with one attached hydrogen (secondary N) is 1. The summed E-state index contributed by atoms with van der Waals surface area (Å²) in [6.45, 7) is 4.81. The summed E-state index contributed by atoms with van der Waals surface area (Å²) in [5.74, 6) is -0.767. The lowest BCUT2D eigenvalue weighted by atomic mass is 9.79. The normalized spacial score (nSPS) is 17.7. The van der Waals surface area contributed by atoms with Gasteiger partial charge < -0.3 is 15.0 Å². The molecule has 5 nitrogen and oxygen atoms in total. The summed E-state index contributed by atoms with van der Waals surface area (Å²) in [5.41, 5.74) is 5.17. The van der Waals surface area contributed by atoms with Crippen LogP contribution >= 0.6 is 0 Å².